The maximum Gasteiger partial charge on any atom is 0.307 e. The van der Waals surface area contributed by atoms with E-state index in [1.54, 1.807) is 0 Å². The molecule has 1 heterocycles. The van der Waals surface area contributed by atoms with Gasteiger partial charge in [0.25, 0.3) is 0 Å². The number of hydrogen-bond acceptors (Lipinski definition) is 1. The Morgan fingerprint density at radius 3 is 2.21 bits per heavy atom. The Morgan fingerprint density at radius 2 is 1.63 bits per heavy atom. The molecule has 0 aliphatic heterocycles. The van der Waals surface area contributed by atoms with Crippen molar-refractivity contribution in [2.24, 2.45) is 0 Å². The molecule has 2 N–H and O–H groups in total. The lowest BCUT2D eigenvalue weighted by Crippen LogP contribution is -1.99. The number of hydrogen-bond donors (Lipinski definition) is 2. The van der Waals surface area contributed by atoms with E-state index in [0.717, 1.165) is 28.4 Å². The van der Waals surface area contributed by atoms with Gasteiger partial charge in [-0.2, -0.15) is 0 Å². The number of aromatic amines is 1. The average Bonchev–Trinajstić information content (AvgIpc) is 2.75. The highest BCUT2D eigenvalue weighted by Gasteiger charge is 2.07. The molecule has 0 bridgehead atoms. The van der Waals surface area contributed by atoms with Crippen LogP contribution in [0.3, 0.4) is 0 Å². The second-order valence-electron chi connectivity index (χ2n) is 4.81. The third-order valence-corrected chi connectivity index (χ3v) is 3.49. The molecule has 3 aromatic rings. The van der Waals surface area contributed by atoms with Gasteiger partial charge >= 0.3 is 5.97 Å². The lowest BCUT2D eigenvalue weighted by Gasteiger charge is -1.99. The Bertz CT molecular complexity index is 771. The number of nitrogens with one attached hydrogen (secondary N) is 1. The van der Waals surface area contributed by atoms with E-state index in [4.69, 9.17) is 5.11 Å². The number of carbonyl (C=O) groups is 1. The number of carboxylic acid groups (broad SMARTS) is 1. The zero-order valence-electron chi connectivity index (χ0n) is 10.7. The monoisotopic (exact) mass is 253 g/mol. The van der Waals surface area contributed by atoms with Gasteiger partial charge in [-0.3, -0.25) is 4.79 Å². The fourth-order valence-corrected chi connectivity index (χ4v) is 2.50. The second kappa shape index (κ2) is 4.43. The topological polar surface area (TPSA) is 53.1 Å². The van der Waals surface area contributed by atoms with Crippen molar-refractivity contribution in [1.82, 2.24) is 4.98 Å². The van der Waals surface area contributed by atoms with Crippen LogP contribution in [0.4, 0.5) is 0 Å². The number of rotatable bonds is 3. The van der Waals surface area contributed by atoms with Crippen LogP contribution in [0, 0.1) is 0 Å². The van der Waals surface area contributed by atoms with Gasteiger partial charge in [0.05, 0.1) is 6.42 Å². The molecule has 3 nitrogen and oxygen atoms in total. The van der Waals surface area contributed by atoms with Gasteiger partial charge in [-0.25, -0.2) is 0 Å². The first-order valence-electron chi connectivity index (χ1n) is 6.42. The molecule has 0 saturated carbocycles. The average molecular weight is 253 g/mol. The maximum atomic E-state index is 10.8. The maximum absolute atomic E-state index is 10.8. The van der Waals surface area contributed by atoms with E-state index < -0.39 is 5.97 Å². The molecule has 0 unspecified atom stereocenters. The first kappa shape index (κ1) is 11.8. The standard InChI is InChI=1S/C16H15NO2/c1-2-10-3-5-14-12(7-10)13-8-11(9-16(18)19)4-6-15(13)17-14/h3-8,17H,2,9H2,1H3,(H,18,19). The Hall–Kier alpha value is -2.29. The minimum atomic E-state index is -0.798. The number of aliphatic carboxylic acids is 1. The lowest BCUT2D eigenvalue weighted by atomic mass is 10.0. The van der Waals surface area contributed by atoms with Crippen molar-refractivity contribution in [2.75, 3.05) is 0 Å². The molecule has 0 fully saturated rings. The number of fused-ring (bicyclic) bond motifs is 3. The molecular formula is C16H15NO2. The van der Waals surface area contributed by atoms with Crippen LogP contribution in [0.1, 0.15) is 18.1 Å². The van der Waals surface area contributed by atoms with Gasteiger partial charge in [-0.15, -0.1) is 0 Å². The Morgan fingerprint density at radius 1 is 1.05 bits per heavy atom. The molecule has 0 aliphatic carbocycles. The second-order valence-corrected chi connectivity index (χ2v) is 4.81. The van der Waals surface area contributed by atoms with Gasteiger partial charge < -0.3 is 10.1 Å². The van der Waals surface area contributed by atoms with E-state index in [0.29, 0.717) is 0 Å². The van der Waals surface area contributed by atoms with Crippen LogP contribution in [-0.4, -0.2) is 16.1 Å². The Kier molecular flexibility index (Phi) is 2.75. The summed E-state index contributed by atoms with van der Waals surface area (Å²) < 4.78 is 0. The van der Waals surface area contributed by atoms with Crippen LogP contribution in [0.2, 0.25) is 0 Å². The third kappa shape index (κ3) is 2.08. The van der Waals surface area contributed by atoms with Crippen molar-refractivity contribution in [3.05, 3.63) is 47.5 Å². The summed E-state index contributed by atoms with van der Waals surface area (Å²) in [5.41, 5.74) is 4.27. The molecule has 3 heteroatoms. The Balaban J connectivity index is 2.23. The number of aryl methyl sites for hydroxylation is 1. The van der Waals surface area contributed by atoms with Crippen LogP contribution in [0.25, 0.3) is 21.8 Å². The zero-order chi connectivity index (χ0) is 13.4. The molecule has 0 atom stereocenters. The molecule has 0 radical (unpaired) electrons. The number of aromatic nitrogens is 1. The van der Waals surface area contributed by atoms with Crippen molar-refractivity contribution in [3.8, 4) is 0 Å². The summed E-state index contributed by atoms with van der Waals surface area (Å²) in [6.07, 6.45) is 1.06. The van der Waals surface area contributed by atoms with Gasteiger partial charge in [0, 0.05) is 21.8 Å². The predicted molar refractivity (Wildman–Crippen MR) is 76.5 cm³/mol. The van der Waals surface area contributed by atoms with Crippen molar-refractivity contribution >= 4 is 27.8 Å². The van der Waals surface area contributed by atoms with Crippen LogP contribution in [0.15, 0.2) is 36.4 Å². The molecule has 0 amide bonds. The number of benzene rings is 2. The summed E-state index contributed by atoms with van der Waals surface area (Å²) in [6, 6.07) is 12.2. The summed E-state index contributed by atoms with van der Waals surface area (Å²) in [5.74, 6) is -0.798. The summed E-state index contributed by atoms with van der Waals surface area (Å²) >= 11 is 0. The lowest BCUT2D eigenvalue weighted by molar-refractivity contribution is -0.136. The highest BCUT2D eigenvalue weighted by atomic mass is 16.4. The molecule has 2 aromatic carbocycles. The highest BCUT2D eigenvalue weighted by molar-refractivity contribution is 6.07. The van der Waals surface area contributed by atoms with Crippen LogP contribution in [0.5, 0.6) is 0 Å². The Labute approximate surface area is 110 Å². The van der Waals surface area contributed by atoms with E-state index in [9.17, 15) is 4.79 Å². The minimum absolute atomic E-state index is 0.0656. The first-order valence-corrected chi connectivity index (χ1v) is 6.42. The van der Waals surface area contributed by atoms with Crippen molar-refractivity contribution in [3.63, 3.8) is 0 Å². The van der Waals surface area contributed by atoms with Crippen LogP contribution < -0.4 is 0 Å². The van der Waals surface area contributed by atoms with Gasteiger partial charge in [0.2, 0.25) is 0 Å². The van der Waals surface area contributed by atoms with Gasteiger partial charge in [-0.05, 0) is 41.8 Å². The normalized spacial score (nSPS) is 11.2. The fourth-order valence-electron chi connectivity index (χ4n) is 2.50. The van der Waals surface area contributed by atoms with Crippen molar-refractivity contribution in [2.45, 2.75) is 19.8 Å². The van der Waals surface area contributed by atoms with E-state index in [2.05, 4.69) is 30.1 Å². The van der Waals surface area contributed by atoms with Crippen molar-refractivity contribution in [1.29, 1.82) is 0 Å². The molecule has 0 spiro atoms. The summed E-state index contributed by atoms with van der Waals surface area (Å²) in [4.78, 5) is 14.2. The largest absolute Gasteiger partial charge is 0.481 e. The number of H-pyrrole nitrogens is 1. The smallest absolute Gasteiger partial charge is 0.307 e. The zero-order valence-corrected chi connectivity index (χ0v) is 10.7. The molecular weight excluding hydrogens is 238 g/mol. The first-order chi connectivity index (χ1) is 9.17. The van der Waals surface area contributed by atoms with Crippen LogP contribution in [-0.2, 0) is 17.6 Å². The fraction of sp³-hybridized carbons (Fsp3) is 0.188. The summed E-state index contributed by atoms with van der Waals surface area (Å²) in [7, 11) is 0. The van der Waals surface area contributed by atoms with E-state index in [-0.39, 0.29) is 6.42 Å². The van der Waals surface area contributed by atoms with E-state index in [1.165, 1.54) is 10.9 Å². The van der Waals surface area contributed by atoms with Gasteiger partial charge in [0.15, 0.2) is 0 Å². The SMILES string of the molecule is CCc1ccc2[nH]c3ccc(CC(=O)O)cc3c2c1. The van der Waals surface area contributed by atoms with Gasteiger partial charge in [0.1, 0.15) is 0 Å². The third-order valence-electron chi connectivity index (χ3n) is 3.49. The van der Waals surface area contributed by atoms with E-state index in [1.807, 2.05) is 18.2 Å². The van der Waals surface area contributed by atoms with E-state index >= 15 is 0 Å². The van der Waals surface area contributed by atoms with Crippen molar-refractivity contribution < 1.29 is 9.90 Å². The molecule has 3 rings (SSSR count). The summed E-state index contributed by atoms with van der Waals surface area (Å²) in [5, 5.41) is 11.1. The summed E-state index contributed by atoms with van der Waals surface area (Å²) in [6.45, 7) is 2.13. The molecule has 1 aromatic heterocycles. The minimum Gasteiger partial charge on any atom is -0.481 e. The highest BCUT2D eigenvalue weighted by Crippen LogP contribution is 2.27. The van der Waals surface area contributed by atoms with Crippen LogP contribution >= 0.6 is 0 Å². The molecule has 0 aliphatic rings. The predicted octanol–water partition coefficient (Wildman–Crippen LogP) is 3.51. The quantitative estimate of drug-likeness (QED) is 0.750. The molecule has 0 saturated heterocycles. The molecule has 96 valence electrons. The van der Waals surface area contributed by atoms with Gasteiger partial charge in [-0.1, -0.05) is 19.1 Å². The molecule has 19 heavy (non-hydrogen) atoms. The number of carboxylic acids is 1.